The summed E-state index contributed by atoms with van der Waals surface area (Å²) in [5.41, 5.74) is 3.46. The van der Waals surface area contributed by atoms with Crippen molar-refractivity contribution in [1.29, 1.82) is 0 Å². The van der Waals surface area contributed by atoms with Crippen LogP contribution in [0.3, 0.4) is 0 Å². The van der Waals surface area contributed by atoms with Crippen LogP contribution < -0.4 is 16.0 Å². The predicted octanol–water partition coefficient (Wildman–Crippen LogP) is 0.700. The summed E-state index contributed by atoms with van der Waals surface area (Å²) < 4.78 is 27.8. The lowest BCUT2D eigenvalue weighted by Gasteiger charge is -2.12. The third-order valence-electron chi connectivity index (χ3n) is 8.83. The van der Waals surface area contributed by atoms with Crippen molar-refractivity contribution in [3.63, 3.8) is 0 Å². The number of aryl methyl sites for hydroxylation is 3. The van der Waals surface area contributed by atoms with Gasteiger partial charge in [-0.2, -0.15) is 0 Å². The van der Waals surface area contributed by atoms with E-state index >= 15 is 0 Å². The Bertz CT molecular complexity index is 1880. The molecule has 21 heteroatoms. The standard InChI is InChI=1S/C40H58N12O9/c1-30(53)4-7-36-25-50(47-44-36)13-19-58-16-10-41-29-61-28-33-22-34(39(56)42-11-17-59-20-14-51-26-37(45-48-51)8-5-31(2)54)24-35(23-33)40(57)43-12-18-60-21-15-52-27-38(46-49-52)9-6-32(3)55/h22-27,41H,4-21,28-29H2,1-3H3,(H,42,56)(H,43,57). The molecule has 0 fully saturated rings. The summed E-state index contributed by atoms with van der Waals surface area (Å²) in [6.07, 6.45) is 8.30. The smallest absolute Gasteiger partial charge is 0.251 e. The van der Waals surface area contributed by atoms with Crippen molar-refractivity contribution in [3.8, 4) is 0 Å². The molecule has 0 atom stereocenters. The number of carbonyl (C=O) groups excluding carboxylic acids is 5. The maximum absolute atomic E-state index is 13.2. The number of rotatable bonds is 33. The zero-order valence-corrected chi connectivity index (χ0v) is 35.3. The first-order valence-corrected chi connectivity index (χ1v) is 20.4. The van der Waals surface area contributed by atoms with E-state index in [4.69, 9.17) is 18.9 Å². The van der Waals surface area contributed by atoms with E-state index in [-0.39, 0.29) is 68.8 Å². The van der Waals surface area contributed by atoms with Crippen LogP contribution in [-0.2, 0) is 78.8 Å². The normalized spacial score (nSPS) is 11.2. The molecule has 1 aromatic carbocycles. The fourth-order valence-electron chi connectivity index (χ4n) is 5.55. The van der Waals surface area contributed by atoms with Gasteiger partial charge in [0.25, 0.3) is 11.8 Å². The first kappa shape index (κ1) is 48.1. The van der Waals surface area contributed by atoms with Gasteiger partial charge in [-0.25, -0.2) is 14.0 Å². The van der Waals surface area contributed by atoms with Gasteiger partial charge in [0, 0.05) is 68.6 Å². The number of carbonyl (C=O) groups is 5. The molecular weight excluding hydrogens is 793 g/mol. The lowest BCUT2D eigenvalue weighted by Crippen LogP contribution is -2.30. The fraction of sp³-hybridized carbons (Fsp3) is 0.575. The number of aromatic nitrogens is 9. The molecule has 2 amide bonds. The van der Waals surface area contributed by atoms with Crippen molar-refractivity contribution in [2.75, 3.05) is 66.0 Å². The van der Waals surface area contributed by atoms with Crippen molar-refractivity contribution >= 4 is 29.2 Å². The molecule has 3 N–H and O–H groups in total. The first-order chi connectivity index (χ1) is 29.5. The monoisotopic (exact) mass is 850 g/mol. The minimum atomic E-state index is -0.375. The van der Waals surface area contributed by atoms with Gasteiger partial charge in [0.1, 0.15) is 17.3 Å². The van der Waals surface area contributed by atoms with Gasteiger partial charge in [-0.3, -0.25) is 14.9 Å². The Morgan fingerprint density at radius 1 is 0.525 bits per heavy atom. The van der Waals surface area contributed by atoms with Crippen LogP contribution in [-0.4, -0.2) is 140 Å². The summed E-state index contributed by atoms with van der Waals surface area (Å²) in [7, 11) is 0. The molecule has 0 radical (unpaired) electrons. The SMILES string of the molecule is CC(=O)CCc1cn(CCOCCNCOCc2cc(C(=O)NCCOCCn3cc(CCC(C)=O)nn3)cc(C(=O)NCCOCCn3cc(CCC(C)=O)nn3)c2)nn1. The average molecular weight is 851 g/mol. The second kappa shape index (κ2) is 27.3. The van der Waals surface area contributed by atoms with Gasteiger partial charge >= 0.3 is 0 Å². The summed E-state index contributed by atoms with van der Waals surface area (Å²) in [6.45, 7) is 9.55. The molecule has 0 aliphatic rings. The molecule has 0 aliphatic heterocycles. The van der Waals surface area contributed by atoms with Gasteiger partial charge in [0.05, 0.1) is 89.7 Å². The largest absolute Gasteiger partial charge is 0.378 e. The zero-order chi connectivity index (χ0) is 43.7. The molecule has 3 heterocycles. The molecular formula is C40H58N12O9. The average Bonchev–Trinajstić information content (AvgIpc) is 4.02. The molecule has 332 valence electrons. The fourth-order valence-corrected chi connectivity index (χ4v) is 5.55. The zero-order valence-electron chi connectivity index (χ0n) is 35.3. The summed E-state index contributed by atoms with van der Waals surface area (Å²) >= 11 is 0. The molecule has 0 saturated carbocycles. The van der Waals surface area contributed by atoms with Gasteiger partial charge in [-0.05, 0) is 63.8 Å². The van der Waals surface area contributed by atoms with Gasteiger partial charge in [-0.1, -0.05) is 15.6 Å². The maximum Gasteiger partial charge on any atom is 0.251 e. The topological polar surface area (TPSA) is 250 Å². The van der Waals surface area contributed by atoms with Crippen molar-refractivity contribution in [1.82, 2.24) is 60.9 Å². The third kappa shape index (κ3) is 20.0. The highest BCUT2D eigenvalue weighted by atomic mass is 16.5. The number of Topliss-reactive ketones (excluding diaryl/α,β-unsaturated/α-hetero) is 3. The maximum atomic E-state index is 13.2. The highest BCUT2D eigenvalue weighted by Crippen LogP contribution is 2.13. The van der Waals surface area contributed by atoms with Crippen LogP contribution in [0, 0.1) is 0 Å². The Morgan fingerprint density at radius 3 is 1.31 bits per heavy atom. The number of hydrogen-bond donors (Lipinski definition) is 3. The summed E-state index contributed by atoms with van der Waals surface area (Å²) in [4.78, 5) is 60.1. The van der Waals surface area contributed by atoms with Gasteiger partial charge in [0.2, 0.25) is 0 Å². The van der Waals surface area contributed by atoms with Crippen LogP contribution in [0.15, 0.2) is 36.8 Å². The molecule has 4 aromatic rings. The Kier molecular flexibility index (Phi) is 21.5. The third-order valence-corrected chi connectivity index (χ3v) is 8.83. The number of nitrogens with zero attached hydrogens (tertiary/aromatic N) is 9. The summed E-state index contributed by atoms with van der Waals surface area (Å²) in [5.74, 6) is -0.446. The highest BCUT2D eigenvalue weighted by molar-refractivity contribution is 6.00. The molecule has 0 saturated heterocycles. The van der Waals surface area contributed by atoms with Crippen molar-refractivity contribution < 1.29 is 42.9 Å². The van der Waals surface area contributed by atoms with E-state index < -0.39 is 0 Å². The number of ether oxygens (including phenoxy) is 4. The molecule has 0 aliphatic carbocycles. The van der Waals surface area contributed by atoms with Crippen LogP contribution in [0.5, 0.6) is 0 Å². The van der Waals surface area contributed by atoms with Crippen molar-refractivity contribution in [3.05, 3.63) is 70.6 Å². The molecule has 0 bridgehead atoms. The van der Waals surface area contributed by atoms with Crippen LogP contribution in [0.4, 0.5) is 0 Å². The van der Waals surface area contributed by atoms with Gasteiger partial charge in [-0.15, -0.1) is 15.3 Å². The molecule has 0 unspecified atom stereocenters. The molecule has 3 aromatic heterocycles. The van der Waals surface area contributed by atoms with Crippen LogP contribution in [0.2, 0.25) is 0 Å². The van der Waals surface area contributed by atoms with E-state index in [0.717, 1.165) is 17.1 Å². The summed E-state index contributed by atoms with van der Waals surface area (Å²) in [6, 6.07) is 4.89. The van der Waals surface area contributed by atoms with Crippen LogP contribution in [0.25, 0.3) is 0 Å². The minimum Gasteiger partial charge on any atom is -0.378 e. The lowest BCUT2D eigenvalue weighted by atomic mass is 10.0. The van der Waals surface area contributed by atoms with E-state index in [2.05, 4.69) is 46.9 Å². The van der Waals surface area contributed by atoms with E-state index in [1.165, 1.54) is 6.07 Å². The Labute approximate surface area is 354 Å². The predicted molar refractivity (Wildman–Crippen MR) is 218 cm³/mol. The number of benzene rings is 1. The molecule has 0 spiro atoms. The van der Waals surface area contributed by atoms with Crippen LogP contribution in [0.1, 0.15) is 83.4 Å². The Balaban J connectivity index is 1.18. The van der Waals surface area contributed by atoms with Gasteiger partial charge in [0.15, 0.2) is 0 Å². The Morgan fingerprint density at radius 2 is 0.918 bits per heavy atom. The van der Waals surface area contributed by atoms with Crippen molar-refractivity contribution in [2.24, 2.45) is 0 Å². The summed E-state index contributed by atoms with van der Waals surface area (Å²) in [5, 5.41) is 33.2. The molecule has 4 rings (SSSR count). The van der Waals surface area contributed by atoms with E-state index in [0.29, 0.717) is 108 Å². The second-order valence-corrected chi connectivity index (χ2v) is 14.3. The minimum absolute atomic E-state index is 0.0953. The van der Waals surface area contributed by atoms with Crippen LogP contribution >= 0.6 is 0 Å². The van der Waals surface area contributed by atoms with Gasteiger partial charge < -0.3 is 44.0 Å². The quantitative estimate of drug-likeness (QED) is 0.0441. The van der Waals surface area contributed by atoms with E-state index in [9.17, 15) is 24.0 Å². The second-order valence-electron chi connectivity index (χ2n) is 14.3. The molecule has 61 heavy (non-hydrogen) atoms. The number of nitrogens with one attached hydrogen (secondary N) is 3. The molecule has 21 nitrogen and oxygen atoms in total. The lowest BCUT2D eigenvalue weighted by molar-refractivity contribution is -0.117. The number of hydrogen-bond acceptors (Lipinski definition) is 16. The van der Waals surface area contributed by atoms with E-state index in [1.807, 2.05) is 6.20 Å². The highest BCUT2D eigenvalue weighted by Gasteiger charge is 2.14. The number of amides is 2. The Hall–Kier alpha value is -5.61. The number of ketones is 3. The van der Waals surface area contributed by atoms with E-state index in [1.54, 1.807) is 59.3 Å². The first-order valence-electron chi connectivity index (χ1n) is 20.4. The van der Waals surface area contributed by atoms with Crippen molar-refractivity contribution in [2.45, 2.75) is 85.5 Å².